The van der Waals surface area contributed by atoms with Crippen molar-refractivity contribution in [1.29, 1.82) is 0 Å². The van der Waals surface area contributed by atoms with E-state index in [9.17, 15) is 21.4 Å². The zero-order chi connectivity index (χ0) is 21.9. The predicted molar refractivity (Wildman–Crippen MR) is 118 cm³/mol. The van der Waals surface area contributed by atoms with Crippen molar-refractivity contribution in [3.05, 3.63) is 0 Å². The molecule has 6 nitrogen and oxygen atoms in total. The topological polar surface area (TPSA) is 101 Å². The van der Waals surface area contributed by atoms with Gasteiger partial charge in [-0.1, -0.05) is 78.6 Å². The zero-order valence-electron chi connectivity index (χ0n) is 18.6. The van der Waals surface area contributed by atoms with Gasteiger partial charge in [0.2, 0.25) is 10.0 Å². The molecule has 28 heavy (non-hydrogen) atoms. The molecule has 0 aromatic heterocycles. The van der Waals surface area contributed by atoms with Crippen LogP contribution < -0.4 is 4.72 Å². The van der Waals surface area contributed by atoms with Gasteiger partial charge in [0.25, 0.3) is 10.1 Å². The van der Waals surface area contributed by atoms with Gasteiger partial charge in [0.15, 0.2) is 0 Å². The summed E-state index contributed by atoms with van der Waals surface area (Å²) in [5, 5.41) is 0. The van der Waals surface area contributed by atoms with Crippen molar-refractivity contribution >= 4 is 20.1 Å². The minimum atomic E-state index is -4.54. The maximum absolute atomic E-state index is 12.8. The number of unbranched alkanes of at least 4 members (excludes halogenated alkanes) is 9. The molecule has 0 unspecified atom stereocenters. The molecule has 0 bridgehead atoms. The Bertz CT molecular complexity index is 623. The first kappa shape index (κ1) is 27.8. The fourth-order valence-electron chi connectivity index (χ4n) is 4.02. The molecule has 0 amide bonds. The molecule has 170 valence electrons. The molecule has 0 radical (unpaired) electrons. The lowest BCUT2D eigenvalue weighted by molar-refractivity contribution is 0.345. The summed E-state index contributed by atoms with van der Waals surface area (Å²) in [4.78, 5) is 0. The second-order valence-corrected chi connectivity index (χ2v) is 12.3. The van der Waals surface area contributed by atoms with E-state index in [1.54, 1.807) is 13.8 Å². The number of nitrogens with one attached hydrogen (secondary N) is 1. The second-order valence-electron chi connectivity index (χ2n) is 8.27. The molecule has 0 atom stereocenters. The van der Waals surface area contributed by atoms with E-state index in [-0.39, 0.29) is 19.4 Å². The molecule has 0 aromatic carbocycles. The van der Waals surface area contributed by atoms with E-state index in [0.29, 0.717) is 0 Å². The Hall–Kier alpha value is -0.180. The number of hydrogen-bond donors (Lipinski definition) is 2. The lowest BCUT2D eigenvalue weighted by Gasteiger charge is -2.42. The Kier molecular flexibility index (Phi) is 12.4. The standard InChI is InChI=1S/C20H43NO5S2/c1-6-9-10-11-12-13-14-15-16-17-18-21-27(22,23)19(4,5)20(7-2,8-3)28(24,25)26/h21H,6-18H2,1-5H3,(H,24,25,26). The van der Waals surface area contributed by atoms with Gasteiger partial charge in [-0.15, -0.1) is 0 Å². The molecule has 0 heterocycles. The van der Waals surface area contributed by atoms with Crippen LogP contribution in [0.25, 0.3) is 0 Å². The van der Waals surface area contributed by atoms with Crippen LogP contribution in [0.5, 0.6) is 0 Å². The highest BCUT2D eigenvalue weighted by molar-refractivity contribution is 7.93. The van der Waals surface area contributed by atoms with Gasteiger partial charge < -0.3 is 0 Å². The molecule has 0 saturated carbocycles. The Morgan fingerprint density at radius 2 is 1.11 bits per heavy atom. The Labute approximate surface area is 174 Å². The van der Waals surface area contributed by atoms with Crippen LogP contribution in [0, 0.1) is 0 Å². The van der Waals surface area contributed by atoms with Gasteiger partial charge >= 0.3 is 0 Å². The van der Waals surface area contributed by atoms with Gasteiger partial charge in [0.1, 0.15) is 9.49 Å². The summed E-state index contributed by atoms with van der Waals surface area (Å²) in [6.07, 6.45) is 11.6. The van der Waals surface area contributed by atoms with Gasteiger partial charge in [-0.2, -0.15) is 8.42 Å². The van der Waals surface area contributed by atoms with E-state index in [1.807, 2.05) is 0 Å². The molecule has 8 heteroatoms. The van der Waals surface area contributed by atoms with Crippen LogP contribution in [0.3, 0.4) is 0 Å². The summed E-state index contributed by atoms with van der Waals surface area (Å²) in [5.74, 6) is 0. The predicted octanol–water partition coefficient (Wildman–Crippen LogP) is 5.05. The quantitative estimate of drug-likeness (QED) is 0.243. The van der Waals surface area contributed by atoms with Crippen molar-refractivity contribution in [2.45, 2.75) is 121 Å². The largest absolute Gasteiger partial charge is 0.285 e. The molecule has 2 N–H and O–H groups in total. The van der Waals surface area contributed by atoms with Crippen LogP contribution in [0.1, 0.15) is 112 Å². The van der Waals surface area contributed by atoms with Crippen molar-refractivity contribution in [1.82, 2.24) is 4.72 Å². The van der Waals surface area contributed by atoms with Crippen LogP contribution in [0.2, 0.25) is 0 Å². The normalized spacial score (nSPS) is 13.8. The van der Waals surface area contributed by atoms with Gasteiger partial charge in [-0.05, 0) is 33.1 Å². The molecule has 0 rings (SSSR count). The average molecular weight is 442 g/mol. The van der Waals surface area contributed by atoms with Gasteiger partial charge in [-0.3, -0.25) is 4.55 Å². The van der Waals surface area contributed by atoms with E-state index in [2.05, 4.69) is 11.6 Å². The van der Waals surface area contributed by atoms with Crippen molar-refractivity contribution < 1.29 is 21.4 Å². The summed E-state index contributed by atoms with van der Waals surface area (Å²) in [6, 6.07) is 0. The smallest absolute Gasteiger partial charge is 0.272 e. The molecular weight excluding hydrogens is 398 g/mol. The highest BCUT2D eigenvalue weighted by atomic mass is 32.2. The van der Waals surface area contributed by atoms with E-state index < -0.39 is 29.6 Å². The van der Waals surface area contributed by atoms with Crippen LogP contribution in [0.15, 0.2) is 0 Å². The first-order chi connectivity index (χ1) is 12.9. The third kappa shape index (κ3) is 7.26. The molecule has 0 saturated heterocycles. The number of rotatable bonds is 17. The Morgan fingerprint density at radius 1 is 0.714 bits per heavy atom. The van der Waals surface area contributed by atoms with E-state index >= 15 is 0 Å². The third-order valence-corrected chi connectivity index (χ3v) is 10.8. The maximum atomic E-state index is 12.8. The lowest BCUT2D eigenvalue weighted by Crippen LogP contribution is -2.61. The fourth-order valence-corrected chi connectivity index (χ4v) is 7.57. The molecular formula is C20H43NO5S2. The number of hydrogen-bond acceptors (Lipinski definition) is 4. The van der Waals surface area contributed by atoms with Crippen molar-refractivity contribution in [2.24, 2.45) is 0 Å². The van der Waals surface area contributed by atoms with E-state index in [1.165, 1.54) is 58.8 Å². The Morgan fingerprint density at radius 3 is 1.46 bits per heavy atom. The van der Waals surface area contributed by atoms with E-state index in [4.69, 9.17) is 0 Å². The average Bonchev–Trinajstić information content (AvgIpc) is 2.59. The van der Waals surface area contributed by atoms with Gasteiger partial charge in [-0.25, -0.2) is 13.1 Å². The van der Waals surface area contributed by atoms with Gasteiger partial charge in [0.05, 0.1) is 0 Å². The van der Waals surface area contributed by atoms with Crippen molar-refractivity contribution in [2.75, 3.05) is 6.54 Å². The van der Waals surface area contributed by atoms with Crippen LogP contribution in [0.4, 0.5) is 0 Å². The SMILES string of the molecule is CCCCCCCCCCCCNS(=O)(=O)C(C)(C)C(CC)(CC)S(=O)(=O)O. The van der Waals surface area contributed by atoms with Crippen LogP contribution >= 0.6 is 0 Å². The summed E-state index contributed by atoms with van der Waals surface area (Å²) < 4.78 is 58.7. The molecule has 0 aliphatic carbocycles. The highest BCUT2D eigenvalue weighted by Crippen LogP contribution is 2.41. The molecule has 0 fully saturated rings. The zero-order valence-corrected chi connectivity index (χ0v) is 20.2. The maximum Gasteiger partial charge on any atom is 0.272 e. The first-order valence-electron chi connectivity index (χ1n) is 10.9. The number of sulfonamides is 1. The third-order valence-electron chi connectivity index (χ3n) is 6.23. The minimum Gasteiger partial charge on any atom is -0.285 e. The monoisotopic (exact) mass is 441 g/mol. The molecule has 0 aromatic rings. The van der Waals surface area contributed by atoms with Crippen LogP contribution in [-0.2, 0) is 20.1 Å². The summed E-state index contributed by atoms with van der Waals surface area (Å²) in [5.41, 5.74) is 0. The molecule has 0 aliphatic heterocycles. The van der Waals surface area contributed by atoms with Gasteiger partial charge in [0, 0.05) is 6.54 Å². The molecule has 0 spiro atoms. The summed E-state index contributed by atoms with van der Waals surface area (Å²) in [7, 11) is -8.47. The summed E-state index contributed by atoms with van der Waals surface area (Å²) >= 11 is 0. The Balaban J connectivity index is 4.50. The molecule has 0 aliphatic rings. The van der Waals surface area contributed by atoms with Crippen molar-refractivity contribution in [3.63, 3.8) is 0 Å². The summed E-state index contributed by atoms with van der Waals surface area (Å²) in [6.45, 7) is 8.46. The van der Waals surface area contributed by atoms with Crippen LogP contribution in [-0.4, -0.2) is 37.4 Å². The highest BCUT2D eigenvalue weighted by Gasteiger charge is 2.58. The van der Waals surface area contributed by atoms with Crippen molar-refractivity contribution in [3.8, 4) is 0 Å². The minimum absolute atomic E-state index is 0.0223. The fraction of sp³-hybridized carbons (Fsp3) is 1.00. The first-order valence-corrected chi connectivity index (χ1v) is 13.8. The second kappa shape index (κ2) is 12.5. The lowest BCUT2D eigenvalue weighted by atomic mass is 9.88. The van der Waals surface area contributed by atoms with E-state index in [0.717, 1.165) is 19.3 Å².